The van der Waals surface area contributed by atoms with Gasteiger partial charge in [-0.3, -0.25) is 9.59 Å². The summed E-state index contributed by atoms with van der Waals surface area (Å²) in [6.45, 7) is 14.5. The molecule has 0 aromatic heterocycles. The van der Waals surface area contributed by atoms with Crippen molar-refractivity contribution in [3.63, 3.8) is 0 Å². The van der Waals surface area contributed by atoms with Crippen molar-refractivity contribution >= 4 is 11.8 Å². The van der Waals surface area contributed by atoms with E-state index in [2.05, 4.69) is 53.7 Å². The Bertz CT molecular complexity index is 883. The van der Waals surface area contributed by atoms with Gasteiger partial charge >= 0.3 is 5.97 Å². The lowest BCUT2D eigenvalue weighted by Crippen LogP contribution is -2.66. The molecule has 13 atom stereocenters. The van der Waals surface area contributed by atoms with Crippen LogP contribution in [0.25, 0.3) is 0 Å². The third-order valence-corrected chi connectivity index (χ3v) is 11.2. The molecule has 0 spiro atoms. The van der Waals surface area contributed by atoms with Crippen molar-refractivity contribution in [1.29, 1.82) is 0 Å². The van der Waals surface area contributed by atoms with E-state index in [1.807, 2.05) is 0 Å². The van der Waals surface area contributed by atoms with E-state index in [-0.39, 0.29) is 52.9 Å². The molecule has 0 aromatic rings. The predicted molar refractivity (Wildman–Crippen MR) is 138 cm³/mol. The van der Waals surface area contributed by atoms with Crippen LogP contribution in [0, 0.1) is 58.2 Å². The number of aliphatic hydroxyl groups excluding tert-OH is 3. The quantitative estimate of drug-likeness (QED) is 0.384. The number of allylic oxidation sites excluding steroid dienone is 2. The Hall–Kier alpha value is -1.24. The lowest BCUT2D eigenvalue weighted by molar-refractivity contribution is -0.209. The first-order valence-electron chi connectivity index (χ1n) is 14.2. The van der Waals surface area contributed by atoms with Crippen molar-refractivity contribution in [2.75, 3.05) is 0 Å². The molecule has 4 saturated carbocycles. The molecule has 0 aliphatic heterocycles. The van der Waals surface area contributed by atoms with E-state index in [9.17, 15) is 24.9 Å². The zero-order valence-corrected chi connectivity index (χ0v) is 23.2. The van der Waals surface area contributed by atoms with E-state index in [0.29, 0.717) is 43.9 Å². The molecular formula is C30H48O6. The van der Waals surface area contributed by atoms with Crippen LogP contribution in [0.3, 0.4) is 0 Å². The molecule has 6 heteroatoms. The fourth-order valence-electron chi connectivity index (χ4n) is 9.12. The van der Waals surface area contributed by atoms with Gasteiger partial charge in [-0.15, -0.1) is 0 Å². The third-order valence-electron chi connectivity index (χ3n) is 11.2. The number of hydrogen-bond donors (Lipinski definition) is 3. The first-order valence-corrected chi connectivity index (χ1v) is 14.2. The van der Waals surface area contributed by atoms with Gasteiger partial charge in [0.05, 0.1) is 12.2 Å². The molecule has 4 aliphatic rings. The number of ether oxygens (including phenoxy) is 1. The highest BCUT2D eigenvalue weighted by Crippen LogP contribution is 2.68. The zero-order chi connectivity index (χ0) is 26.7. The molecule has 4 rings (SSSR count). The van der Waals surface area contributed by atoms with Gasteiger partial charge in [0.1, 0.15) is 12.2 Å². The maximum absolute atomic E-state index is 13.5. The number of ketones is 1. The minimum atomic E-state index is -1.17. The van der Waals surface area contributed by atoms with Crippen molar-refractivity contribution < 1.29 is 29.6 Å². The van der Waals surface area contributed by atoms with Crippen LogP contribution in [0.5, 0.6) is 0 Å². The molecule has 6 nitrogen and oxygen atoms in total. The van der Waals surface area contributed by atoms with Crippen molar-refractivity contribution in [1.82, 2.24) is 0 Å². The topological polar surface area (TPSA) is 104 Å². The summed E-state index contributed by atoms with van der Waals surface area (Å²) >= 11 is 0. The lowest BCUT2D eigenvalue weighted by Gasteiger charge is -2.62. The molecule has 4 aliphatic carbocycles. The van der Waals surface area contributed by atoms with Gasteiger partial charge in [-0.05, 0) is 72.5 Å². The Morgan fingerprint density at radius 2 is 1.72 bits per heavy atom. The van der Waals surface area contributed by atoms with Gasteiger partial charge in [-0.25, -0.2) is 0 Å². The van der Waals surface area contributed by atoms with Crippen LogP contribution >= 0.6 is 0 Å². The Balaban J connectivity index is 1.73. The van der Waals surface area contributed by atoms with Crippen LogP contribution in [-0.2, 0) is 14.3 Å². The van der Waals surface area contributed by atoms with Crippen LogP contribution in [0.1, 0.15) is 80.6 Å². The van der Waals surface area contributed by atoms with E-state index in [0.717, 1.165) is 0 Å². The largest absolute Gasteiger partial charge is 0.462 e. The summed E-state index contributed by atoms with van der Waals surface area (Å²) < 4.78 is 5.93. The second-order valence-corrected chi connectivity index (χ2v) is 13.6. The molecule has 0 amide bonds. The molecular weight excluding hydrogens is 456 g/mol. The Morgan fingerprint density at radius 3 is 2.33 bits per heavy atom. The van der Waals surface area contributed by atoms with Crippen molar-refractivity contribution in [3.8, 4) is 0 Å². The summed E-state index contributed by atoms with van der Waals surface area (Å²) in [5.41, 5.74) is -0.835. The van der Waals surface area contributed by atoms with Crippen molar-refractivity contribution in [2.45, 2.75) is 105 Å². The van der Waals surface area contributed by atoms with Crippen LogP contribution in [0.2, 0.25) is 0 Å². The number of fused-ring (bicyclic) bond motifs is 5. The molecule has 0 aromatic carbocycles. The summed E-state index contributed by atoms with van der Waals surface area (Å²) in [5, 5.41) is 33.5. The first-order chi connectivity index (χ1) is 16.7. The standard InChI is InChI=1S/C30H48O6/c1-15(2)16(3)8-9-17(4)25-23(36-18(5)31)13-20-24-26(22(33)14-30(20,25)7)29(6)11-10-19(32)12-21(29)27(34)28(24)35/h8-9,15-17,19-26,28,32-33,35H,10-14H2,1-7H3/b9-8+/t16-,17-,19-,20-,21+,22-,23-,24-,25-,26-,28+,29-,30-/m0/s1. The molecule has 36 heavy (non-hydrogen) atoms. The number of Topliss-reactive ketones (excluding diaryl/α,β-unsaturated/α-hetero) is 1. The van der Waals surface area contributed by atoms with E-state index in [4.69, 9.17) is 4.74 Å². The molecule has 0 heterocycles. The smallest absolute Gasteiger partial charge is 0.302 e. The van der Waals surface area contributed by atoms with Gasteiger partial charge in [0.2, 0.25) is 0 Å². The summed E-state index contributed by atoms with van der Waals surface area (Å²) in [6, 6.07) is 0. The maximum Gasteiger partial charge on any atom is 0.302 e. The second kappa shape index (κ2) is 9.81. The molecule has 3 N–H and O–H groups in total. The van der Waals surface area contributed by atoms with Gasteiger partial charge in [0.25, 0.3) is 0 Å². The lowest BCUT2D eigenvalue weighted by atomic mass is 9.42. The highest BCUT2D eigenvalue weighted by atomic mass is 16.5. The number of carbonyl (C=O) groups is 2. The molecule has 0 bridgehead atoms. The fourth-order valence-corrected chi connectivity index (χ4v) is 9.12. The summed E-state index contributed by atoms with van der Waals surface area (Å²) in [4.78, 5) is 25.7. The minimum Gasteiger partial charge on any atom is -0.462 e. The molecule has 0 saturated heterocycles. The molecule has 4 fully saturated rings. The molecule has 204 valence electrons. The number of esters is 1. The van der Waals surface area contributed by atoms with Crippen LogP contribution in [-0.4, -0.2) is 51.5 Å². The number of aliphatic hydroxyl groups is 3. The maximum atomic E-state index is 13.5. The van der Waals surface area contributed by atoms with Gasteiger partial charge in [-0.2, -0.15) is 0 Å². The SMILES string of the molecule is CC(=O)O[C@H]1C[C@H]2[C@H]3[C@H]([C@@H](O)C[C@]2(C)[C@H]1[C@@H](C)/C=C/[C@H](C)C(C)C)[C@@]1(C)CC[C@H](O)C[C@@H]1C(=O)[C@@H]3O. The predicted octanol–water partition coefficient (Wildman–Crippen LogP) is 4.15. The number of rotatable bonds is 5. The highest BCUT2D eigenvalue weighted by molar-refractivity contribution is 5.87. The monoisotopic (exact) mass is 504 g/mol. The second-order valence-electron chi connectivity index (χ2n) is 13.6. The van der Waals surface area contributed by atoms with Gasteiger partial charge in [-0.1, -0.05) is 53.7 Å². The fraction of sp³-hybridized carbons (Fsp3) is 0.867. The average Bonchev–Trinajstić information content (AvgIpc) is 3.06. The molecule has 0 radical (unpaired) electrons. The Labute approximate surface area is 216 Å². The highest BCUT2D eigenvalue weighted by Gasteiger charge is 2.69. The number of hydrogen-bond acceptors (Lipinski definition) is 6. The minimum absolute atomic E-state index is 0.0152. The molecule has 0 unspecified atom stereocenters. The van der Waals surface area contributed by atoms with E-state index < -0.39 is 29.6 Å². The van der Waals surface area contributed by atoms with E-state index >= 15 is 0 Å². The van der Waals surface area contributed by atoms with E-state index in [1.165, 1.54) is 6.92 Å². The van der Waals surface area contributed by atoms with Crippen LogP contribution in [0.4, 0.5) is 0 Å². The number of carbonyl (C=O) groups excluding carboxylic acids is 2. The summed E-state index contributed by atoms with van der Waals surface area (Å²) in [6.07, 6.45) is 4.60. The zero-order valence-electron chi connectivity index (χ0n) is 23.2. The summed E-state index contributed by atoms with van der Waals surface area (Å²) in [5.74, 6) is -0.530. The normalized spacial score (nSPS) is 48.3. The van der Waals surface area contributed by atoms with Crippen LogP contribution in [0.15, 0.2) is 12.2 Å². The Morgan fingerprint density at radius 1 is 1.06 bits per heavy atom. The third kappa shape index (κ3) is 4.39. The summed E-state index contributed by atoms with van der Waals surface area (Å²) in [7, 11) is 0. The van der Waals surface area contributed by atoms with Gasteiger partial charge in [0.15, 0.2) is 5.78 Å². The van der Waals surface area contributed by atoms with Gasteiger partial charge < -0.3 is 20.1 Å². The van der Waals surface area contributed by atoms with Gasteiger partial charge in [0, 0.05) is 24.7 Å². The van der Waals surface area contributed by atoms with Crippen LogP contribution < -0.4 is 0 Å². The van der Waals surface area contributed by atoms with E-state index in [1.54, 1.807) is 0 Å². The first kappa shape index (κ1) is 27.8. The van der Waals surface area contributed by atoms with Crippen molar-refractivity contribution in [3.05, 3.63) is 12.2 Å². The van der Waals surface area contributed by atoms with Crippen molar-refractivity contribution in [2.24, 2.45) is 58.2 Å². The Kier molecular flexibility index (Phi) is 7.57. The average molecular weight is 505 g/mol.